The Hall–Kier alpha value is -1.60. The van der Waals surface area contributed by atoms with E-state index in [0.717, 1.165) is 24.0 Å². The maximum Gasteiger partial charge on any atom is 0.235 e. The molecule has 3 nitrogen and oxygen atoms in total. The normalized spacial score (nSPS) is 17.4. The van der Waals surface area contributed by atoms with E-state index in [4.69, 9.17) is 0 Å². The van der Waals surface area contributed by atoms with Crippen LogP contribution in [-0.2, 0) is 15.7 Å². The third-order valence-electron chi connectivity index (χ3n) is 3.35. The van der Waals surface area contributed by atoms with Crippen LogP contribution in [0.2, 0.25) is 0 Å². The lowest BCUT2D eigenvalue weighted by Crippen LogP contribution is -2.13. The molecule has 1 aliphatic rings. The summed E-state index contributed by atoms with van der Waals surface area (Å²) in [6.45, 7) is 6.35. The molecule has 1 aromatic carbocycles. The average molecular weight is 231 g/mol. The second kappa shape index (κ2) is 3.71. The maximum atomic E-state index is 10.5. The number of aliphatic imine (C=N–C) groups is 1. The number of aromatic hydroxyl groups is 1. The molecule has 1 N–H and O–H groups in total. The SMILES string of the molecule is CC(C)(C)c1ccc(O)c(C2(N=C=O)CC2)c1. The Morgan fingerprint density at radius 1 is 1.35 bits per heavy atom. The average Bonchev–Trinajstić information content (AvgIpc) is 2.98. The van der Waals surface area contributed by atoms with Crippen LogP contribution in [-0.4, -0.2) is 11.2 Å². The molecule has 3 heteroatoms. The zero-order valence-corrected chi connectivity index (χ0v) is 10.4. The molecule has 0 radical (unpaired) electrons. The predicted octanol–water partition coefficient (Wildman–Crippen LogP) is 3.01. The van der Waals surface area contributed by atoms with Gasteiger partial charge < -0.3 is 5.11 Å². The molecule has 0 aromatic heterocycles. The first-order valence-corrected chi connectivity index (χ1v) is 5.82. The van der Waals surface area contributed by atoms with E-state index in [-0.39, 0.29) is 11.2 Å². The van der Waals surface area contributed by atoms with Crippen molar-refractivity contribution in [3.8, 4) is 5.75 Å². The first kappa shape index (κ1) is 11.9. The van der Waals surface area contributed by atoms with E-state index in [1.54, 1.807) is 12.1 Å². The standard InChI is InChI=1S/C14H17NO2/c1-13(2,3)10-4-5-12(17)11(8-10)14(6-7-14)15-9-16/h4-5,8,17H,6-7H2,1-3H3. The van der Waals surface area contributed by atoms with Crippen molar-refractivity contribution >= 4 is 6.08 Å². The lowest BCUT2D eigenvalue weighted by Gasteiger charge is -2.21. The highest BCUT2D eigenvalue weighted by atomic mass is 16.3. The van der Waals surface area contributed by atoms with Crippen LogP contribution in [0.5, 0.6) is 5.75 Å². The van der Waals surface area contributed by atoms with E-state index in [1.807, 2.05) is 12.1 Å². The van der Waals surface area contributed by atoms with Crippen LogP contribution in [0.15, 0.2) is 23.2 Å². The summed E-state index contributed by atoms with van der Waals surface area (Å²) >= 11 is 0. The number of nitrogens with zero attached hydrogens (tertiary/aromatic N) is 1. The molecule has 0 atom stereocenters. The topological polar surface area (TPSA) is 49.7 Å². The number of isocyanates is 1. The molecular formula is C14H17NO2. The molecule has 1 aliphatic carbocycles. The van der Waals surface area contributed by atoms with Crippen LogP contribution in [0.25, 0.3) is 0 Å². The molecule has 2 rings (SSSR count). The summed E-state index contributed by atoms with van der Waals surface area (Å²) in [5, 5.41) is 9.91. The number of carbonyl (C=O) groups excluding carboxylic acids is 1. The molecule has 1 saturated carbocycles. The Balaban J connectivity index is 2.51. The fourth-order valence-corrected chi connectivity index (χ4v) is 2.02. The smallest absolute Gasteiger partial charge is 0.235 e. The summed E-state index contributed by atoms with van der Waals surface area (Å²) in [5.41, 5.74) is 1.40. The number of rotatable bonds is 2. The molecule has 17 heavy (non-hydrogen) atoms. The van der Waals surface area contributed by atoms with Gasteiger partial charge in [-0.3, -0.25) is 0 Å². The minimum atomic E-state index is -0.507. The van der Waals surface area contributed by atoms with Crippen molar-refractivity contribution in [1.82, 2.24) is 0 Å². The fraction of sp³-hybridized carbons (Fsp3) is 0.500. The molecule has 0 aliphatic heterocycles. The lowest BCUT2D eigenvalue weighted by atomic mass is 9.85. The van der Waals surface area contributed by atoms with Gasteiger partial charge in [0.05, 0.1) is 0 Å². The van der Waals surface area contributed by atoms with Crippen molar-refractivity contribution in [3.05, 3.63) is 29.3 Å². The number of phenols is 1. The zero-order chi connectivity index (χ0) is 12.7. The summed E-state index contributed by atoms with van der Waals surface area (Å²) in [4.78, 5) is 14.3. The fourth-order valence-electron chi connectivity index (χ4n) is 2.02. The molecule has 0 spiro atoms. The summed E-state index contributed by atoms with van der Waals surface area (Å²) in [7, 11) is 0. The van der Waals surface area contributed by atoms with Crippen molar-refractivity contribution in [2.24, 2.45) is 4.99 Å². The molecule has 1 fully saturated rings. The van der Waals surface area contributed by atoms with Gasteiger partial charge in [-0.2, -0.15) is 4.99 Å². The van der Waals surface area contributed by atoms with E-state index in [2.05, 4.69) is 25.8 Å². The zero-order valence-electron chi connectivity index (χ0n) is 10.4. The minimum Gasteiger partial charge on any atom is -0.508 e. The maximum absolute atomic E-state index is 10.5. The van der Waals surface area contributed by atoms with Gasteiger partial charge in [0.2, 0.25) is 6.08 Å². The summed E-state index contributed by atoms with van der Waals surface area (Å²) < 4.78 is 0. The van der Waals surface area contributed by atoms with Gasteiger partial charge in [-0.1, -0.05) is 26.8 Å². The first-order chi connectivity index (χ1) is 7.89. The lowest BCUT2D eigenvalue weighted by molar-refractivity contribution is 0.457. The van der Waals surface area contributed by atoms with Gasteiger partial charge in [0, 0.05) is 5.56 Å². The Bertz CT molecular complexity index is 489. The largest absolute Gasteiger partial charge is 0.508 e. The minimum absolute atomic E-state index is 0.0173. The molecule has 0 unspecified atom stereocenters. The second-order valence-corrected chi connectivity index (χ2v) is 5.72. The summed E-state index contributed by atoms with van der Waals surface area (Å²) in [6.07, 6.45) is 3.24. The first-order valence-electron chi connectivity index (χ1n) is 5.82. The number of hydrogen-bond donors (Lipinski definition) is 1. The van der Waals surface area contributed by atoms with Gasteiger partial charge in [0.15, 0.2) is 0 Å². The van der Waals surface area contributed by atoms with Crippen LogP contribution in [0.1, 0.15) is 44.7 Å². The highest BCUT2D eigenvalue weighted by molar-refractivity contribution is 5.49. The van der Waals surface area contributed by atoms with Crippen LogP contribution >= 0.6 is 0 Å². The Kier molecular flexibility index (Phi) is 2.59. The van der Waals surface area contributed by atoms with Crippen LogP contribution in [0, 0.1) is 0 Å². The van der Waals surface area contributed by atoms with E-state index < -0.39 is 5.54 Å². The van der Waals surface area contributed by atoms with Gasteiger partial charge in [0.1, 0.15) is 11.3 Å². The van der Waals surface area contributed by atoms with Gasteiger partial charge in [-0.05, 0) is 36.0 Å². The third-order valence-corrected chi connectivity index (χ3v) is 3.35. The molecule has 1 aromatic rings. The van der Waals surface area contributed by atoms with E-state index in [0.29, 0.717) is 0 Å². The van der Waals surface area contributed by atoms with Crippen molar-refractivity contribution in [1.29, 1.82) is 0 Å². The third kappa shape index (κ3) is 2.11. The van der Waals surface area contributed by atoms with Gasteiger partial charge >= 0.3 is 0 Å². The Labute approximate surface area is 101 Å². The van der Waals surface area contributed by atoms with Crippen molar-refractivity contribution in [3.63, 3.8) is 0 Å². The van der Waals surface area contributed by atoms with Crippen LogP contribution in [0.4, 0.5) is 0 Å². The second-order valence-electron chi connectivity index (χ2n) is 5.72. The molecule has 0 saturated heterocycles. The van der Waals surface area contributed by atoms with Gasteiger partial charge in [-0.25, -0.2) is 4.79 Å². The van der Waals surface area contributed by atoms with E-state index >= 15 is 0 Å². The quantitative estimate of drug-likeness (QED) is 0.628. The predicted molar refractivity (Wildman–Crippen MR) is 65.8 cm³/mol. The highest BCUT2D eigenvalue weighted by Gasteiger charge is 2.46. The molecule has 90 valence electrons. The van der Waals surface area contributed by atoms with E-state index in [9.17, 15) is 9.90 Å². The van der Waals surface area contributed by atoms with E-state index in [1.165, 1.54) is 0 Å². The van der Waals surface area contributed by atoms with Crippen molar-refractivity contribution in [2.45, 2.75) is 44.6 Å². The molecule has 0 amide bonds. The monoisotopic (exact) mass is 231 g/mol. The summed E-state index contributed by atoms with van der Waals surface area (Å²) in [6, 6.07) is 5.57. The molecular weight excluding hydrogens is 214 g/mol. The van der Waals surface area contributed by atoms with Crippen LogP contribution in [0.3, 0.4) is 0 Å². The van der Waals surface area contributed by atoms with Crippen molar-refractivity contribution in [2.75, 3.05) is 0 Å². The van der Waals surface area contributed by atoms with Gasteiger partial charge in [0.25, 0.3) is 0 Å². The van der Waals surface area contributed by atoms with Crippen LogP contribution < -0.4 is 0 Å². The van der Waals surface area contributed by atoms with Gasteiger partial charge in [-0.15, -0.1) is 0 Å². The summed E-state index contributed by atoms with van der Waals surface area (Å²) in [5.74, 6) is 0.217. The Morgan fingerprint density at radius 3 is 2.47 bits per heavy atom. The number of hydrogen-bond acceptors (Lipinski definition) is 3. The highest BCUT2D eigenvalue weighted by Crippen LogP contribution is 2.52. The number of benzene rings is 1. The number of phenolic OH excluding ortho intramolecular Hbond substituents is 1. The molecule has 0 bridgehead atoms. The molecule has 0 heterocycles. The van der Waals surface area contributed by atoms with Crippen molar-refractivity contribution < 1.29 is 9.90 Å². The Morgan fingerprint density at radius 2 is 2.00 bits per heavy atom.